The predicted molar refractivity (Wildman–Crippen MR) is 151 cm³/mol. The fourth-order valence-electron chi connectivity index (χ4n) is 5.53. The fraction of sp³-hybridized carbons (Fsp3) is 0.323. The first kappa shape index (κ1) is 30.0. The number of anilines is 1. The van der Waals surface area contributed by atoms with Crippen LogP contribution in [0.5, 0.6) is 5.75 Å². The van der Waals surface area contributed by atoms with Crippen molar-refractivity contribution in [1.29, 1.82) is 0 Å². The third-order valence-electron chi connectivity index (χ3n) is 7.65. The SMILES string of the molecule is NC(=C1C(=NC(c2ccccc2)c2ccccc2)NC(=O)CC1C(F)(F)F)C1CCN(c2ccc(OC(F)F)cn2)CC1. The van der Waals surface area contributed by atoms with E-state index < -0.39 is 43.0 Å². The Morgan fingerprint density at radius 2 is 1.58 bits per heavy atom. The number of rotatable bonds is 7. The Hall–Kier alpha value is -4.48. The number of hydrogen-bond acceptors (Lipinski definition) is 6. The number of aliphatic imine (C=N–C) groups is 1. The lowest BCUT2D eigenvalue weighted by molar-refractivity contribution is -0.169. The van der Waals surface area contributed by atoms with Gasteiger partial charge in [0.15, 0.2) is 0 Å². The highest BCUT2D eigenvalue weighted by molar-refractivity contribution is 6.11. The highest BCUT2D eigenvalue weighted by Crippen LogP contribution is 2.41. The number of carbonyl (C=O) groups is 1. The molecule has 5 rings (SSSR count). The molecule has 0 spiro atoms. The zero-order valence-corrected chi connectivity index (χ0v) is 23.0. The number of halogens is 5. The largest absolute Gasteiger partial charge is 0.433 e. The molecule has 0 aliphatic carbocycles. The molecule has 3 heterocycles. The summed E-state index contributed by atoms with van der Waals surface area (Å²) in [6.45, 7) is -2.12. The number of hydrogen-bond donors (Lipinski definition) is 2. The number of nitrogens with two attached hydrogens (primary N) is 1. The zero-order valence-electron chi connectivity index (χ0n) is 23.0. The van der Waals surface area contributed by atoms with Crippen LogP contribution in [0, 0.1) is 11.8 Å². The Morgan fingerprint density at radius 1 is 0.977 bits per heavy atom. The summed E-state index contributed by atoms with van der Waals surface area (Å²) in [5.41, 5.74) is 7.91. The molecule has 12 heteroatoms. The monoisotopic (exact) mass is 599 g/mol. The molecule has 226 valence electrons. The summed E-state index contributed by atoms with van der Waals surface area (Å²) in [4.78, 5) is 23.4. The average molecular weight is 600 g/mol. The Morgan fingerprint density at radius 3 is 2.09 bits per heavy atom. The molecule has 7 nitrogen and oxygen atoms in total. The molecule has 43 heavy (non-hydrogen) atoms. The first-order valence-electron chi connectivity index (χ1n) is 13.8. The molecule has 0 bridgehead atoms. The quantitative estimate of drug-likeness (QED) is 0.325. The van der Waals surface area contributed by atoms with E-state index in [1.54, 1.807) is 6.07 Å². The van der Waals surface area contributed by atoms with Crippen molar-refractivity contribution in [3.63, 3.8) is 0 Å². The van der Waals surface area contributed by atoms with E-state index in [-0.39, 0.29) is 22.9 Å². The summed E-state index contributed by atoms with van der Waals surface area (Å²) in [6.07, 6.45) is -3.48. The minimum absolute atomic E-state index is 0.0502. The van der Waals surface area contributed by atoms with Crippen LogP contribution in [-0.4, -0.2) is 42.6 Å². The number of benzene rings is 2. The first-order chi connectivity index (χ1) is 20.6. The van der Waals surface area contributed by atoms with Crippen molar-refractivity contribution in [3.8, 4) is 5.75 Å². The number of amides is 1. The van der Waals surface area contributed by atoms with Crippen LogP contribution in [0.15, 0.2) is 95.3 Å². The van der Waals surface area contributed by atoms with Gasteiger partial charge in [0.25, 0.3) is 0 Å². The smallest absolute Gasteiger partial charge is 0.396 e. The standard InChI is InChI=1S/C31H30F5N5O2/c32-30(33)43-22-11-12-24(38-18-22)41-15-13-19(14-16-41)27(37)26-23(31(34,35)36)17-25(42)39-29(26)40-28(20-7-3-1-4-8-20)21-9-5-2-6-10-21/h1-12,18-19,23,28,30H,13-17,37H2,(H,39,40,42). The summed E-state index contributed by atoms with van der Waals surface area (Å²) in [6, 6.07) is 20.5. The minimum atomic E-state index is -4.72. The van der Waals surface area contributed by atoms with Crippen LogP contribution in [0.2, 0.25) is 0 Å². The van der Waals surface area contributed by atoms with E-state index in [0.717, 1.165) is 11.1 Å². The maximum Gasteiger partial charge on any atom is 0.396 e. The minimum Gasteiger partial charge on any atom is -0.433 e. The van der Waals surface area contributed by atoms with Gasteiger partial charge in [-0.05, 0) is 36.1 Å². The van der Waals surface area contributed by atoms with Crippen molar-refractivity contribution in [1.82, 2.24) is 10.3 Å². The maximum atomic E-state index is 14.4. The maximum absolute atomic E-state index is 14.4. The average Bonchev–Trinajstić information content (AvgIpc) is 3.00. The summed E-state index contributed by atoms with van der Waals surface area (Å²) in [5, 5.41) is 2.60. The van der Waals surface area contributed by atoms with Crippen LogP contribution in [0.1, 0.15) is 36.4 Å². The normalized spacial score (nSPS) is 20.4. The van der Waals surface area contributed by atoms with E-state index in [1.165, 1.54) is 12.3 Å². The molecule has 3 aromatic rings. The van der Waals surface area contributed by atoms with Gasteiger partial charge in [0, 0.05) is 36.7 Å². The van der Waals surface area contributed by atoms with E-state index in [0.29, 0.717) is 31.7 Å². The van der Waals surface area contributed by atoms with Gasteiger partial charge in [0.1, 0.15) is 23.4 Å². The Balaban J connectivity index is 1.48. The van der Waals surface area contributed by atoms with Gasteiger partial charge >= 0.3 is 12.8 Å². The first-order valence-corrected chi connectivity index (χ1v) is 13.8. The fourth-order valence-corrected chi connectivity index (χ4v) is 5.53. The van der Waals surface area contributed by atoms with Gasteiger partial charge in [-0.3, -0.25) is 9.79 Å². The zero-order chi connectivity index (χ0) is 30.6. The molecule has 1 amide bonds. The van der Waals surface area contributed by atoms with Crippen LogP contribution in [-0.2, 0) is 4.79 Å². The van der Waals surface area contributed by atoms with Crippen LogP contribution in [0.25, 0.3) is 0 Å². The Bertz CT molecular complexity index is 1420. The van der Waals surface area contributed by atoms with E-state index >= 15 is 0 Å². The van der Waals surface area contributed by atoms with Crippen molar-refractivity contribution in [2.24, 2.45) is 22.6 Å². The van der Waals surface area contributed by atoms with Gasteiger partial charge in [0.05, 0.1) is 12.1 Å². The van der Waals surface area contributed by atoms with Crippen molar-refractivity contribution in [2.75, 3.05) is 18.0 Å². The number of nitrogens with one attached hydrogen (secondary N) is 1. The van der Waals surface area contributed by atoms with E-state index in [1.807, 2.05) is 65.6 Å². The molecule has 2 aliphatic heterocycles. The molecule has 2 fully saturated rings. The molecule has 0 radical (unpaired) electrons. The number of amidine groups is 1. The van der Waals surface area contributed by atoms with Gasteiger partial charge in [-0.2, -0.15) is 22.0 Å². The molecule has 2 saturated heterocycles. The number of alkyl halides is 5. The summed E-state index contributed by atoms with van der Waals surface area (Å²) in [5.74, 6) is -3.01. The highest BCUT2D eigenvalue weighted by Gasteiger charge is 2.49. The van der Waals surface area contributed by atoms with E-state index in [4.69, 9.17) is 10.7 Å². The molecule has 3 N–H and O–H groups in total. The van der Waals surface area contributed by atoms with Gasteiger partial charge in [0.2, 0.25) is 5.91 Å². The van der Waals surface area contributed by atoms with Gasteiger partial charge in [-0.25, -0.2) is 4.98 Å². The van der Waals surface area contributed by atoms with Crippen LogP contribution in [0.3, 0.4) is 0 Å². The number of piperidine rings is 2. The van der Waals surface area contributed by atoms with Crippen molar-refractivity contribution in [3.05, 3.63) is 101 Å². The lowest BCUT2D eigenvalue weighted by atomic mass is 9.82. The van der Waals surface area contributed by atoms with Crippen LogP contribution in [0.4, 0.5) is 27.8 Å². The number of ether oxygens (including phenoxy) is 1. The van der Waals surface area contributed by atoms with Crippen LogP contribution >= 0.6 is 0 Å². The van der Waals surface area contributed by atoms with Crippen LogP contribution < -0.4 is 20.7 Å². The summed E-state index contributed by atoms with van der Waals surface area (Å²) in [7, 11) is 0. The molecule has 1 unspecified atom stereocenters. The number of pyridine rings is 1. The third kappa shape index (κ3) is 7.12. The predicted octanol–water partition coefficient (Wildman–Crippen LogP) is 6.00. The molecule has 1 atom stereocenters. The second kappa shape index (κ2) is 12.8. The molecule has 2 aromatic carbocycles. The summed E-state index contributed by atoms with van der Waals surface area (Å²) >= 11 is 0. The van der Waals surface area contributed by atoms with E-state index in [2.05, 4.69) is 15.0 Å². The molecule has 2 aliphatic rings. The number of carbonyl (C=O) groups excluding carboxylic acids is 1. The third-order valence-corrected chi connectivity index (χ3v) is 7.65. The Kier molecular flexibility index (Phi) is 8.93. The Labute approximate surface area is 245 Å². The molecular formula is C31H30F5N5O2. The van der Waals surface area contributed by atoms with Gasteiger partial charge in [-0.1, -0.05) is 60.7 Å². The van der Waals surface area contributed by atoms with Crippen molar-refractivity contribution in [2.45, 2.75) is 38.1 Å². The lowest BCUT2D eigenvalue weighted by Crippen LogP contribution is -2.48. The molecule has 1 aromatic heterocycles. The number of nitrogens with zero attached hydrogens (tertiary/aromatic N) is 3. The molecular weight excluding hydrogens is 569 g/mol. The van der Waals surface area contributed by atoms with Crippen molar-refractivity contribution < 1.29 is 31.5 Å². The number of allylic oxidation sites excluding steroid dienone is 1. The second-order valence-corrected chi connectivity index (χ2v) is 10.4. The lowest BCUT2D eigenvalue weighted by Gasteiger charge is -2.36. The molecule has 0 saturated carbocycles. The second-order valence-electron chi connectivity index (χ2n) is 10.4. The van der Waals surface area contributed by atoms with E-state index in [9.17, 15) is 26.7 Å². The number of aromatic nitrogens is 1. The summed E-state index contributed by atoms with van der Waals surface area (Å²) < 4.78 is 72.6. The van der Waals surface area contributed by atoms with Gasteiger partial charge in [-0.15, -0.1) is 0 Å². The highest BCUT2D eigenvalue weighted by atomic mass is 19.4. The van der Waals surface area contributed by atoms with Crippen molar-refractivity contribution >= 4 is 17.6 Å². The topological polar surface area (TPSA) is 92.8 Å². The van der Waals surface area contributed by atoms with Gasteiger partial charge < -0.3 is 20.7 Å².